The molecule has 0 fully saturated rings. The van der Waals surface area contributed by atoms with Crippen molar-refractivity contribution in [3.8, 4) is 5.82 Å². The molecule has 0 radical (unpaired) electrons. The van der Waals surface area contributed by atoms with Crippen molar-refractivity contribution < 1.29 is 8.42 Å². The molecular weight excluding hydrogens is 472 g/mol. The first-order valence-corrected chi connectivity index (χ1v) is 12.5. The second-order valence-corrected chi connectivity index (χ2v) is 9.86. The van der Waals surface area contributed by atoms with Gasteiger partial charge in [-0.25, -0.2) is 13.1 Å². The Labute approximate surface area is 200 Å². The Morgan fingerprint density at radius 2 is 1.65 bits per heavy atom. The summed E-state index contributed by atoms with van der Waals surface area (Å²) >= 11 is 0.978. The molecule has 0 bridgehead atoms. The first-order valence-electron chi connectivity index (χ1n) is 10.3. The van der Waals surface area contributed by atoms with E-state index in [-0.39, 0.29) is 4.90 Å². The summed E-state index contributed by atoms with van der Waals surface area (Å²) in [5.74, 6) is 1.19. The molecule has 5 aromatic rings. The first-order chi connectivity index (χ1) is 16.3. The fraction of sp³-hybridized carbons (Fsp3) is 0.136. The zero-order valence-corrected chi connectivity index (χ0v) is 20.1. The van der Waals surface area contributed by atoms with Crippen molar-refractivity contribution in [2.75, 3.05) is 10.0 Å². The van der Waals surface area contributed by atoms with Crippen molar-refractivity contribution in [3.05, 3.63) is 71.5 Å². The van der Waals surface area contributed by atoms with E-state index in [9.17, 15) is 8.42 Å². The summed E-state index contributed by atoms with van der Waals surface area (Å²) in [5.41, 5.74) is 5.16. The minimum absolute atomic E-state index is 0.0918. The maximum atomic E-state index is 12.9. The van der Waals surface area contributed by atoms with Crippen LogP contribution in [-0.4, -0.2) is 37.1 Å². The second-order valence-electron chi connectivity index (χ2n) is 7.68. The van der Waals surface area contributed by atoms with Crippen molar-refractivity contribution >= 4 is 50.0 Å². The summed E-state index contributed by atoms with van der Waals surface area (Å²) in [7, 11) is -3.81. The molecule has 0 aliphatic heterocycles. The van der Waals surface area contributed by atoms with Gasteiger partial charge in [0, 0.05) is 17.1 Å². The van der Waals surface area contributed by atoms with E-state index in [0.29, 0.717) is 28.4 Å². The average molecular weight is 493 g/mol. The lowest BCUT2D eigenvalue weighted by Crippen LogP contribution is -2.13. The molecular formula is C22H20N8O2S2. The van der Waals surface area contributed by atoms with Crippen LogP contribution in [0.2, 0.25) is 0 Å². The van der Waals surface area contributed by atoms with Crippen LogP contribution in [0.15, 0.2) is 59.5 Å². The van der Waals surface area contributed by atoms with Crippen LogP contribution in [0.1, 0.15) is 17.0 Å². The minimum Gasteiger partial charge on any atom is -0.339 e. The Hall–Kier alpha value is -3.90. The molecule has 0 aliphatic rings. The van der Waals surface area contributed by atoms with Gasteiger partial charge in [0.15, 0.2) is 11.6 Å². The minimum atomic E-state index is -3.81. The number of benzene rings is 2. The van der Waals surface area contributed by atoms with E-state index >= 15 is 0 Å². The van der Waals surface area contributed by atoms with Gasteiger partial charge >= 0.3 is 0 Å². The Bertz CT molecular complexity index is 1590. The van der Waals surface area contributed by atoms with Gasteiger partial charge in [-0.2, -0.15) is 13.8 Å². The molecule has 2 N–H and O–H groups in total. The smallest absolute Gasteiger partial charge is 0.264 e. The molecule has 3 aromatic heterocycles. The van der Waals surface area contributed by atoms with E-state index in [4.69, 9.17) is 0 Å². The highest BCUT2D eigenvalue weighted by Crippen LogP contribution is 2.25. The third-order valence-electron chi connectivity index (χ3n) is 5.47. The third kappa shape index (κ3) is 4.08. The number of nitrogens with zero attached hydrogens (tertiary/aromatic N) is 6. The van der Waals surface area contributed by atoms with Crippen LogP contribution in [0.3, 0.4) is 0 Å². The molecule has 172 valence electrons. The van der Waals surface area contributed by atoms with Gasteiger partial charge in [-0.05, 0) is 74.9 Å². The summed E-state index contributed by atoms with van der Waals surface area (Å²) in [6.45, 7) is 5.98. The van der Waals surface area contributed by atoms with Gasteiger partial charge in [0.25, 0.3) is 10.0 Å². The van der Waals surface area contributed by atoms with Crippen LogP contribution < -0.4 is 10.0 Å². The topological polar surface area (TPSA) is 128 Å². The van der Waals surface area contributed by atoms with Crippen LogP contribution in [0, 0.1) is 20.8 Å². The maximum Gasteiger partial charge on any atom is 0.264 e. The molecule has 0 saturated carbocycles. The Morgan fingerprint density at radius 1 is 0.882 bits per heavy atom. The number of fused-ring (bicyclic) bond motifs is 1. The molecule has 0 spiro atoms. The van der Waals surface area contributed by atoms with E-state index in [0.717, 1.165) is 34.4 Å². The first kappa shape index (κ1) is 21.9. The van der Waals surface area contributed by atoms with Crippen LogP contribution >= 0.6 is 11.7 Å². The lowest BCUT2D eigenvalue weighted by Gasteiger charge is -2.10. The van der Waals surface area contributed by atoms with Gasteiger partial charge in [-0.1, -0.05) is 6.07 Å². The van der Waals surface area contributed by atoms with Gasteiger partial charge in [0.1, 0.15) is 15.9 Å². The molecule has 34 heavy (non-hydrogen) atoms. The molecule has 0 aliphatic carbocycles. The summed E-state index contributed by atoms with van der Waals surface area (Å²) in [6.07, 6.45) is 0. The highest BCUT2D eigenvalue weighted by Gasteiger charge is 2.19. The molecule has 10 nitrogen and oxygen atoms in total. The lowest BCUT2D eigenvalue weighted by atomic mass is 10.2. The molecule has 0 atom stereocenters. The average Bonchev–Trinajstić information content (AvgIpc) is 3.41. The standard InChI is InChI=1S/C22H20N8O2S2/c1-13-14(2)26-30(15(13)3)21-12-11-20(24-25-21)23-16-7-9-17(10-8-16)29-34(31,32)19-6-4-5-18-22(19)28-33-27-18/h4-12,29H,1-3H3,(H,23,24). The summed E-state index contributed by atoms with van der Waals surface area (Å²) in [6, 6.07) is 15.4. The van der Waals surface area contributed by atoms with E-state index < -0.39 is 10.0 Å². The molecule has 5 rings (SSSR count). The Balaban J connectivity index is 1.30. The number of anilines is 3. The van der Waals surface area contributed by atoms with E-state index in [1.54, 1.807) is 41.1 Å². The highest BCUT2D eigenvalue weighted by molar-refractivity contribution is 7.93. The fourth-order valence-electron chi connectivity index (χ4n) is 3.43. The Kier molecular flexibility index (Phi) is 5.46. The Morgan fingerprint density at radius 3 is 2.32 bits per heavy atom. The van der Waals surface area contributed by atoms with Gasteiger partial charge in [0.05, 0.1) is 17.4 Å². The SMILES string of the molecule is Cc1nn(-c2ccc(Nc3ccc(NS(=O)(=O)c4cccc5nsnc45)cc3)nn2)c(C)c1C. The van der Waals surface area contributed by atoms with E-state index in [1.807, 2.05) is 32.9 Å². The quantitative estimate of drug-likeness (QED) is 0.362. The molecule has 2 aromatic carbocycles. The normalized spacial score (nSPS) is 11.6. The fourth-order valence-corrected chi connectivity index (χ4v) is 5.25. The molecule has 3 heterocycles. The van der Waals surface area contributed by atoms with Crippen LogP contribution in [0.25, 0.3) is 16.9 Å². The summed E-state index contributed by atoms with van der Waals surface area (Å²) in [4.78, 5) is 0.0918. The maximum absolute atomic E-state index is 12.9. The summed E-state index contributed by atoms with van der Waals surface area (Å²) in [5, 5.41) is 16.2. The van der Waals surface area contributed by atoms with Gasteiger partial charge in [0.2, 0.25) is 0 Å². The van der Waals surface area contributed by atoms with Crippen LogP contribution in [0.5, 0.6) is 0 Å². The molecule has 0 amide bonds. The van der Waals surface area contributed by atoms with Crippen molar-refractivity contribution in [2.45, 2.75) is 25.7 Å². The number of rotatable bonds is 6. The van der Waals surface area contributed by atoms with Crippen molar-refractivity contribution in [3.63, 3.8) is 0 Å². The number of hydrogen-bond acceptors (Lipinski definition) is 9. The monoisotopic (exact) mass is 492 g/mol. The second kappa shape index (κ2) is 8.47. The van der Waals surface area contributed by atoms with Crippen molar-refractivity contribution in [1.29, 1.82) is 0 Å². The predicted molar refractivity (Wildman–Crippen MR) is 131 cm³/mol. The number of nitrogens with one attached hydrogen (secondary N) is 2. The predicted octanol–water partition coefficient (Wildman–Crippen LogP) is 4.14. The largest absolute Gasteiger partial charge is 0.339 e. The third-order valence-corrected chi connectivity index (χ3v) is 7.42. The van der Waals surface area contributed by atoms with E-state index in [1.165, 1.54) is 6.07 Å². The molecule has 0 unspecified atom stereocenters. The number of aromatic nitrogens is 6. The van der Waals surface area contributed by atoms with Gasteiger partial charge in [-0.15, -0.1) is 10.2 Å². The molecule has 12 heteroatoms. The lowest BCUT2D eigenvalue weighted by molar-refractivity contribution is 0.602. The summed E-state index contributed by atoms with van der Waals surface area (Å²) < 4.78 is 38.3. The van der Waals surface area contributed by atoms with Crippen molar-refractivity contribution in [2.24, 2.45) is 0 Å². The highest BCUT2D eigenvalue weighted by atomic mass is 32.2. The number of aryl methyl sites for hydroxylation is 1. The van der Waals surface area contributed by atoms with Crippen LogP contribution in [-0.2, 0) is 10.0 Å². The van der Waals surface area contributed by atoms with Gasteiger partial charge < -0.3 is 5.32 Å². The van der Waals surface area contributed by atoms with Gasteiger partial charge in [-0.3, -0.25) is 4.72 Å². The zero-order valence-electron chi connectivity index (χ0n) is 18.5. The number of sulfonamides is 1. The molecule has 0 saturated heterocycles. The van der Waals surface area contributed by atoms with Crippen molar-refractivity contribution in [1.82, 2.24) is 28.7 Å². The van der Waals surface area contributed by atoms with E-state index in [2.05, 4.69) is 34.1 Å². The zero-order chi connectivity index (χ0) is 23.9. The number of hydrogen-bond donors (Lipinski definition) is 2. The van der Waals surface area contributed by atoms with Crippen LogP contribution in [0.4, 0.5) is 17.2 Å².